The van der Waals surface area contributed by atoms with Crippen LogP contribution in [0.5, 0.6) is 0 Å². The van der Waals surface area contributed by atoms with E-state index in [2.05, 4.69) is 20.5 Å². The van der Waals surface area contributed by atoms with Crippen LogP contribution in [0.15, 0.2) is 52.9 Å². The summed E-state index contributed by atoms with van der Waals surface area (Å²) in [6.45, 7) is -0.453. The minimum absolute atomic E-state index is 0.0553. The summed E-state index contributed by atoms with van der Waals surface area (Å²) < 4.78 is 10.6. The molecule has 0 fully saturated rings. The third-order valence-electron chi connectivity index (χ3n) is 5.36. The summed E-state index contributed by atoms with van der Waals surface area (Å²) in [4.78, 5) is 28.0. The van der Waals surface area contributed by atoms with Crippen molar-refractivity contribution in [2.75, 3.05) is 11.9 Å². The normalized spacial score (nSPS) is 13.0. The third-order valence-corrected chi connectivity index (χ3v) is 5.36. The Morgan fingerprint density at radius 1 is 1.06 bits per heavy atom. The van der Waals surface area contributed by atoms with Gasteiger partial charge in [-0.1, -0.05) is 23.3 Å². The fourth-order valence-electron chi connectivity index (χ4n) is 3.87. The van der Waals surface area contributed by atoms with E-state index in [4.69, 9.17) is 9.15 Å². The zero-order valence-corrected chi connectivity index (χ0v) is 16.7. The van der Waals surface area contributed by atoms with Crippen LogP contribution < -0.4 is 5.32 Å². The molecule has 0 radical (unpaired) electrons. The number of H-pyrrole nitrogens is 1. The maximum absolute atomic E-state index is 12.5. The van der Waals surface area contributed by atoms with Crippen LogP contribution in [-0.2, 0) is 22.4 Å². The molecule has 156 valence electrons. The standard InChI is InChI=1S/C23H20N4O4/c28-20(25-23-27-26-21(31-23)14-6-2-1-3-7-14)13-30-22(29)15-10-11-19-17(12-15)16-8-4-5-9-18(16)24-19/h1-3,6-7,10-12,24H,4-5,8-9,13H2,(H,25,27,28). The summed E-state index contributed by atoms with van der Waals surface area (Å²) >= 11 is 0. The van der Waals surface area contributed by atoms with Gasteiger partial charge in [0.2, 0.25) is 5.89 Å². The molecule has 8 nitrogen and oxygen atoms in total. The molecule has 2 heterocycles. The number of benzene rings is 2. The summed E-state index contributed by atoms with van der Waals surface area (Å²) in [7, 11) is 0. The molecular weight excluding hydrogens is 396 g/mol. The molecule has 0 atom stereocenters. The number of amides is 1. The first-order chi connectivity index (χ1) is 15.2. The topological polar surface area (TPSA) is 110 Å². The van der Waals surface area contributed by atoms with Crippen molar-refractivity contribution in [3.63, 3.8) is 0 Å². The van der Waals surface area contributed by atoms with Crippen molar-refractivity contribution < 1.29 is 18.7 Å². The van der Waals surface area contributed by atoms with Crippen LogP contribution in [0.4, 0.5) is 6.01 Å². The number of aromatic nitrogens is 3. The van der Waals surface area contributed by atoms with Crippen molar-refractivity contribution in [3.8, 4) is 11.5 Å². The second-order valence-electron chi connectivity index (χ2n) is 7.45. The molecule has 1 aliphatic carbocycles. The first-order valence-corrected chi connectivity index (χ1v) is 10.2. The number of aromatic amines is 1. The van der Waals surface area contributed by atoms with Crippen LogP contribution in [-0.4, -0.2) is 33.7 Å². The van der Waals surface area contributed by atoms with E-state index in [0.717, 1.165) is 35.7 Å². The quantitative estimate of drug-likeness (QED) is 0.478. The Kier molecular flexibility index (Phi) is 4.95. The van der Waals surface area contributed by atoms with Gasteiger partial charge < -0.3 is 14.1 Å². The number of carbonyl (C=O) groups is 2. The number of hydrogen-bond donors (Lipinski definition) is 2. The zero-order chi connectivity index (χ0) is 21.2. The van der Waals surface area contributed by atoms with E-state index < -0.39 is 18.5 Å². The van der Waals surface area contributed by atoms with E-state index in [1.54, 1.807) is 6.07 Å². The maximum Gasteiger partial charge on any atom is 0.338 e. The molecule has 0 bridgehead atoms. The van der Waals surface area contributed by atoms with E-state index in [0.29, 0.717) is 5.56 Å². The fourth-order valence-corrected chi connectivity index (χ4v) is 3.87. The van der Waals surface area contributed by atoms with Gasteiger partial charge in [0, 0.05) is 22.2 Å². The predicted molar refractivity (Wildman–Crippen MR) is 114 cm³/mol. The average molecular weight is 416 g/mol. The lowest BCUT2D eigenvalue weighted by atomic mass is 9.95. The summed E-state index contributed by atoms with van der Waals surface area (Å²) in [5, 5.41) is 11.2. The van der Waals surface area contributed by atoms with Crippen LogP contribution in [0.2, 0.25) is 0 Å². The number of aryl methyl sites for hydroxylation is 2. The van der Waals surface area contributed by atoms with Crippen molar-refractivity contribution in [2.24, 2.45) is 0 Å². The van der Waals surface area contributed by atoms with Gasteiger partial charge >= 0.3 is 12.0 Å². The molecule has 2 N–H and O–H groups in total. The van der Waals surface area contributed by atoms with Gasteiger partial charge in [0.25, 0.3) is 5.91 Å². The second-order valence-corrected chi connectivity index (χ2v) is 7.45. The number of nitrogens with one attached hydrogen (secondary N) is 2. The van der Waals surface area contributed by atoms with Crippen molar-refractivity contribution in [2.45, 2.75) is 25.7 Å². The lowest BCUT2D eigenvalue weighted by Crippen LogP contribution is -2.21. The lowest BCUT2D eigenvalue weighted by Gasteiger charge is -2.10. The number of anilines is 1. The van der Waals surface area contributed by atoms with Crippen LogP contribution in [0.3, 0.4) is 0 Å². The van der Waals surface area contributed by atoms with E-state index in [1.165, 1.54) is 17.7 Å². The van der Waals surface area contributed by atoms with Gasteiger partial charge in [0.1, 0.15) is 0 Å². The zero-order valence-electron chi connectivity index (χ0n) is 16.7. The Balaban J connectivity index is 1.21. The highest BCUT2D eigenvalue weighted by Gasteiger charge is 2.18. The minimum atomic E-state index is -0.559. The number of ether oxygens (including phenoxy) is 1. The number of carbonyl (C=O) groups excluding carboxylic acids is 2. The van der Waals surface area contributed by atoms with Crippen LogP contribution in [0.25, 0.3) is 22.4 Å². The number of esters is 1. The highest BCUT2D eigenvalue weighted by Crippen LogP contribution is 2.29. The van der Waals surface area contributed by atoms with Crippen LogP contribution >= 0.6 is 0 Å². The molecule has 0 aliphatic heterocycles. The monoisotopic (exact) mass is 416 g/mol. The number of fused-ring (bicyclic) bond motifs is 3. The van der Waals surface area contributed by atoms with Crippen molar-refractivity contribution >= 4 is 28.8 Å². The lowest BCUT2D eigenvalue weighted by molar-refractivity contribution is -0.119. The van der Waals surface area contributed by atoms with E-state index in [1.807, 2.05) is 42.5 Å². The van der Waals surface area contributed by atoms with E-state index in [-0.39, 0.29) is 11.9 Å². The first kappa shape index (κ1) is 19.0. The fraction of sp³-hybridized carbons (Fsp3) is 0.217. The van der Waals surface area contributed by atoms with Gasteiger partial charge in [0.05, 0.1) is 5.56 Å². The van der Waals surface area contributed by atoms with Gasteiger partial charge in [-0.3, -0.25) is 10.1 Å². The maximum atomic E-state index is 12.5. The second kappa shape index (κ2) is 8.06. The molecule has 4 aromatic rings. The SMILES string of the molecule is O=C(COC(=O)c1ccc2[nH]c3c(c2c1)CCCC3)Nc1nnc(-c2ccccc2)o1. The summed E-state index contributed by atoms with van der Waals surface area (Å²) in [6.07, 6.45) is 4.37. The molecule has 0 spiro atoms. The van der Waals surface area contributed by atoms with Crippen molar-refractivity contribution in [1.29, 1.82) is 0 Å². The molecular formula is C23H20N4O4. The Labute approximate surface area is 177 Å². The molecule has 31 heavy (non-hydrogen) atoms. The van der Waals surface area contributed by atoms with Crippen molar-refractivity contribution in [3.05, 3.63) is 65.4 Å². The molecule has 5 rings (SSSR count). The largest absolute Gasteiger partial charge is 0.452 e. The highest BCUT2D eigenvalue weighted by molar-refractivity contribution is 5.98. The summed E-state index contributed by atoms with van der Waals surface area (Å²) in [5.41, 5.74) is 4.70. The number of hydrogen-bond acceptors (Lipinski definition) is 6. The molecule has 2 aromatic carbocycles. The van der Waals surface area contributed by atoms with Gasteiger partial charge in [-0.15, -0.1) is 5.10 Å². The van der Waals surface area contributed by atoms with Crippen LogP contribution in [0.1, 0.15) is 34.5 Å². The van der Waals surface area contributed by atoms with Crippen molar-refractivity contribution in [1.82, 2.24) is 15.2 Å². The Morgan fingerprint density at radius 3 is 2.77 bits per heavy atom. The van der Waals surface area contributed by atoms with Crippen LogP contribution in [0, 0.1) is 0 Å². The highest BCUT2D eigenvalue weighted by atomic mass is 16.5. The van der Waals surface area contributed by atoms with Gasteiger partial charge in [0.15, 0.2) is 6.61 Å². The summed E-state index contributed by atoms with van der Waals surface area (Å²) in [6, 6.07) is 14.6. The van der Waals surface area contributed by atoms with E-state index >= 15 is 0 Å². The predicted octanol–water partition coefficient (Wildman–Crippen LogP) is 3.89. The molecule has 1 amide bonds. The minimum Gasteiger partial charge on any atom is -0.452 e. The first-order valence-electron chi connectivity index (χ1n) is 10.2. The van der Waals surface area contributed by atoms with Gasteiger partial charge in [-0.05, 0) is 61.6 Å². The smallest absolute Gasteiger partial charge is 0.338 e. The number of nitrogens with zero attached hydrogens (tertiary/aromatic N) is 2. The molecule has 0 saturated carbocycles. The molecule has 2 aromatic heterocycles. The van der Waals surface area contributed by atoms with Gasteiger partial charge in [-0.2, -0.15) is 0 Å². The molecule has 8 heteroatoms. The molecule has 0 unspecified atom stereocenters. The molecule has 0 saturated heterocycles. The van der Waals surface area contributed by atoms with E-state index in [9.17, 15) is 9.59 Å². The molecule has 1 aliphatic rings. The Hall–Kier alpha value is -3.94. The average Bonchev–Trinajstić information content (AvgIpc) is 3.42. The Morgan fingerprint density at radius 2 is 1.90 bits per heavy atom. The Bertz CT molecular complexity index is 1260. The summed E-state index contributed by atoms with van der Waals surface area (Å²) in [5.74, 6) is -0.828. The van der Waals surface area contributed by atoms with Gasteiger partial charge in [-0.25, -0.2) is 4.79 Å². The number of rotatable bonds is 5. The third kappa shape index (κ3) is 3.92.